The first-order chi connectivity index (χ1) is 11.4. The molecule has 0 spiro atoms. The average molecular weight is 353 g/mol. The summed E-state index contributed by atoms with van der Waals surface area (Å²) in [7, 11) is 4.56. The summed E-state index contributed by atoms with van der Waals surface area (Å²) < 4.78 is 16.0. The van der Waals surface area contributed by atoms with Gasteiger partial charge in [-0.15, -0.1) is 5.10 Å². The Morgan fingerprint density at radius 2 is 1.71 bits per heavy atom. The number of amidine groups is 1. The van der Waals surface area contributed by atoms with Crippen LogP contribution in [-0.4, -0.2) is 43.3 Å². The SMILES string of the molecule is COc1cc(C2SC(NC(C)=O)=NN2C(C)=O)cc(OC)c1OC. The molecule has 24 heavy (non-hydrogen) atoms. The summed E-state index contributed by atoms with van der Waals surface area (Å²) in [6, 6.07) is 3.50. The number of hydrazone groups is 1. The van der Waals surface area contributed by atoms with E-state index in [1.165, 1.54) is 51.9 Å². The van der Waals surface area contributed by atoms with Crippen molar-refractivity contribution < 1.29 is 23.8 Å². The van der Waals surface area contributed by atoms with Crippen molar-refractivity contribution in [3.05, 3.63) is 17.7 Å². The van der Waals surface area contributed by atoms with Crippen LogP contribution in [0.2, 0.25) is 0 Å². The van der Waals surface area contributed by atoms with Crippen LogP contribution in [0.15, 0.2) is 17.2 Å². The van der Waals surface area contributed by atoms with E-state index in [-0.39, 0.29) is 11.8 Å². The molecular formula is C15H19N3O5S. The van der Waals surface area contributed by atoms with Crippen molar-refractivity contribution >= 4 is 28.7 Å². The van der Waals surface area contributed by atoms with Crippen LogP contribution in [0.4, 0.5) is 0 Å². The molecule has 1 unspecified atom stereocenters. The van der Waals surface area contributed by atoms with Crippen LogP contribution >= 0.6 is 11.8 Å². The number of rotatable bonds is 4. The molecule has 2 amide bonds. The summed E-state index contributed by atoms with van der Waals surface area (Å²) in [6.45, 7) is 2.79. The number of nitrogens with one attached hydrogen (secondary N) is 1. The summed E-state index contributed by atoms with van der Waals surface area (Å²) in [5.41, 5.74) is 0.730. The lowest BCUT2D eigenvalue weighted by Crippen LogP contribution is -2.25. The van der Waals surface area contributed by atoms with E-state index < -0.39 is 5.37 Å². The van der Waals surface area contributed by atoms with Crippen molar-refractivity contribution in [3.8, 4) is 17.2 Å². The molecule has 0 fully saturated rings. The lowest BCUT2D eigenvalue weighted by molar-refractivity contribution is -0.129. The molecule has 0 saturated heterocycles. The van der Waals surface area contributed by atoms with Crippen LogP contribution in [0.1, 0.15) is 24.8 Å². The number of benzene rings is 1. The zero-order valence-corrected chi connectivity index (χ0v) is 14.9. The molecule has 1 N–H and O–H groups in total. The van der Waals surface area contributed by atoms with E-state index in [9.17, 15) is 9.59 Å². The van der Waals surface area contributed by atoms with Crippen LogP contribution in [0.25, 0.3) is 0 Å². The van der Waals surface area contributed by atoms with Crippen LogP contribution in [-0.2, 0) is 9.59 Å². The van der Waals surface area contributed by atoms with E-state index in [1.807, 2.05) is 0 Å². The summed E-state index contributed by atoms with van der Waals surface area (Å²) in [5.74, 6) is 0.911. The van der Waals surface area contributed by atoms with Crippen LogP contribution < -0.4 is 19.5 Å². The second kappa shape index (κ2) is 7.43. The van der Waals surface area contributed by atoms with Gasteiger partial charge in [0.25, 0.3) is 0 Å². The van der Waals surface area contributed by atoms with Gasteiger partial charge in [0.1, 0.15) is 5.37 Å². The van der Waals surface area contributed by atoms with Gasteiger partial charge < -0.3 is 19.5 Å². The molecule has 0 saturated carbocycles. The first-order valence-electron chi connectivity index (χ1n) is 7.03. The molecule has 1 atom stereocenters. The Morgan fingerprint density at radius 1 is 1.12 bits per heavy atom. The molecule has 130 valence electrons. The third kappa shape index (κ3) is 3.56. The maximum atomic E-state index is 11.9. The van der Waals surface area contributed by atoms with Gasteiger partial charge in [0.15, 0.2) is 16.7 Å². The highest BCUT2D eigenvalue weighted by molar-refractivity contribution is 8.14. The van der Waals surface area contributed by atoms with Crippen LogP contribution in [0.5, 0.6) is 17.2 Å². The minimum atomic E-state index is -0.446. The van der Waals surface area contributed by atoms with Gasteiger partial charge in [-0.3, -0.25) is 9.59 Å². The highest BCUT2D eigenvalue weighted by Gasteiger charge is 2.33. The molecule has 8 nitrogen and oxygen atoms in total. The van der Waals surface area contributed by atoms with Crippen molar-refractivity contribution in [1.82, 2.24) is 10.3 Å². The van der Waals surface area contributed by atoms with E-state index >= 15 is 0 Å². The normalized spacial score (nSPS) is 16.5. The monoisotopic (exact) mass is 353 g/mol. The molecule has 0 aliphatic carbocycles. The van der Waals surface area contributed by atoms with Gasteiger partial charge in [-0.2, -0.15) is 0 Å². The summed E-state index contributed by atoms with van der Waals surface area (Å²) >= 11 is 1.25. The Kier molecular flexibility index (Phi) is 5.55. The third-order valence-electron chi connectivity index (χ3n) is 3.22. The molecular weight excluding hydrogens is 334 g/mol. The lowest BCUT2D eigenvalue weighted by atomic mass is 10.1. The van der Waals surface area contributed by atoms with Gasteiger partial charge in [0.2, 0.25) is 17.6 Å². The van der Waals surface area contributed by atoms with E-state index in [2.05, 4.69) is 10.4 Å². The maximum absolute atomic E-state index is 11.9. The Morgan fingerprint density at radius 3 is 2.12 bits per heavy atom. The molecule has 1 aliphatic heterocycles. The highest BCUT2D eigenvalue weighted by atomic mass is 32.2. The summed E-state index contributed by atoms with van der Waals surface area (Å²) in [4.78, 5) is 23.1. The summed E-state index contributed by atoms with van der Waals surface area (Å²) in [5, 5.41) is 7.97. The fourth-order valence-corrected chi connectivity index (χ4v) is 3.34. The third-order valence-corrected chi connectivity index (χ3v) is 4.32. The molecule has 2 rings (SSSR count). The van der Waals surface area contributed by atoms with Gasteiger partial charge in [-0.05, 0) is 17.7 Å². The van der Waals surface area contributed by atoms with Gasteiger partial charge >= 0.3 is 0 Å². The number of hydrogen-bond donors (Lipinski definition) is 1. The zero-order chi connectivity index (χ0) is 17.9. The predicted molar refractivity (Wildman–Crippen MR) is 90.2 cm³/mol. The van der Waals surface area contributed by atoms with Crippen molar-refractivity contribution in [1.29, 1.82) is 0 Å². The van der Waals surface area contributed by atoms with Crippen molar-refractivity contribution in [2.45, 2.75) is 19.2 Å². The topological polar surface area (TPSA) is 89.5 Å². The van der Waals surface area contributed by atoms with Crippen LogP contribution in [0.3, 0.4) is 0 Å². The fourth-order valence-electron chi connectivity index (χ4n) is 2.22. The van der Waals surface area contributed by atoms with Gasteiger partial charge in [0.05, 0.1) is 21.3 Å². The quantitative estimate of drug-likeness (QED) is 0.886. The molecule has 9 heteroatoms. The van der Waals surface area contributed by atoms with Crippen molar-refractivity contribution in [2.24, 2.45) is 5.10 Å². The lowest BCUT2D eigenvalue weighted by Gasteiger charge is -2.21. The Bertz CT molecular complexity index is 667. The van der Waals surface area contributed by atoms with E-state index in [1.54, 1.807) is 12.1 Å². The molecule has 1 heterocycles. The molecule has 0 radical (unpaired) electrons. The second-order valence-corrected chi connectivity index (χ2v) is 5.95. The molecule has 0 bridgehead atoms. The minimum Gasteiger partial charge on any atom is -0.493 e. The summed E-state index contributed by atoms with van der Waals surface area (Å²) in [6.07, 6.45) is 0. The average Bonchev–Trinajstić information content (AvgIpc) is 2.96. The number of hydrogen-bond acceptors (Lipinski definition) is 7. The number of ether oxygens (including phenoxy) is 3. The predicted octanol–water partition coefficient (Wildman–Crippen LogP) is 1.71. The number of carbonyl (C=O) groups is 2. The largest absolute Gasteiger partial charge is 0.493 e. The number of carbonyl (C=O) groups excluding carboxylic acids is 2. The van der Waals surface area contributed by atoms with Crippen LogP contribution in [0, 0.1) is 0 Å². The Labute approximate surface area is 144 Å². The van der Waals surface area contributed by atoms with E-state index in [0.29, 0.717) is 22.4 Å². The van der Waals surface area contributed by atoms with Gasteiger partial charge in [0, 0.05) is 13.8 Å². The Balaban J connectivity index is 2.43. The van der Waals surface area contributed by atoms with Gasteiger partial charge in [-0.1, -0.05) is 11.8 Å². The second-order valence-electron chi connectivity index (χ2n) is 4.88. The standard InChI is InChI=1S/C15H19N3O5S/c1-8(19)16-15-17-18(9(2)20)14(24-15)10-6-11(21-3)13(23-5)12(7-10)22-4/h6-7,14H,1-5H3,(H,16,17,19). The molecule has 0 aromatic heterocycles. The molecule has 1 aromatic carbocycles. The number of amides is 2. The smallest absolute Gasteiger partial charge is 0.241 e. The van der Waals surface area contributed by atoms with Crippen molar-refractivity contribution in [3.63, 3.8) is 0 Å². The van der Waals surface area contributed by atoms with Crippen molar-refractivity contribution in [2.75, 3.05) is 21.3 Å². The highest BCUT2D eigenvalue weighted by Crippen LogP contribution is 2.45. The zero-order valence-electron chi connectivity index (χ0n) is 14.1. The minimum absolute atomic E-state index is 0.249. The number of nitrogens with zero attached hydrogens (tertiary/aromatic N) is 2. The molecule has 1 aliphatic rings. The van der Waals surface area contributed by atoms with E-state index in [4.69, 9.17) is 14.2 Å². The molecule has 1 aromatic rings. The fraction of sp³-hybridized carbons (Fsp3) is 0.400. The Hall–Kier alpha value is -2.42. The number of methoxy groups -OCH3 is 3. The first-order valence-corrected chi connectivity index (χ1v) is 7.91. The first kappa shape index (κ1) is 17.9. The maximum Gasteiger partial charge on any atom is 0.241 e. The van der Waals surface area contributed by atoms with Gasteiger partial charge in [-0.25, -0.2) is 5.01 Å². The van der Waals surface area contributed by atoms with E-state index in [0.717, 1.165) is 5.56 Å². The number of thioether (sulfide) groups is 1.